The largest absolute Gasteiger partial charge is 0.303 e. The average Bonchev–Trinajstić information content (AvgIpc) is 2.46. The van der Waals surface area contributed by atoms with Gasteiger partial charge in [-0.15, -0.1) is 0 Å². The lowest BCUT2D eigenvalue weighted by Gasteiger charge is -2.25. The third-order valence-corrected chi connectivity index (χ3v) is 3.64. The number of hydrogen-bond donors (Lipinski definition) is 0. The second-order valence-corrected chi connectivity index (χ2v) is 5.00. The van der Waals surface area contributed by atoms with Crippen LogP contribution in [0.25, 0.3) is 10.9 Å². The van der Waals surface area contributed by atoms with Crippen LogP contribution in [0.15, 0.2) is 30.5 Å². The van der Waals surface area contributed by atoms with Crippen molar-refractivity contribution in [3.63, 3.8) is 0 Å². The Bertz CT molecular complexity index is 518. The van der Waals surface area contributed by atoms with Crippen molar-refractivity contribution in [2.75, 3.05) is 19.6 Å². The van der Waals surface area contributed by atoms with E-state index < -0.39 is 0 Å². The van der Waals surface area contributed by atoms with Crippen molar-refractivity contribution in [2.45, 2.75) is 25.7 Å². The third-order valence-electron chi connectivity index (χ3n) is 3.64. The van der Waals surface area contributed by atoms with Crippen LogP contribution in [0.3, 0.4) is 0 Å². The molecule has 0 spiro atoms. The van der Waals surface area contributed by atoms with E-state index in [1.54, 1.807) is 0 Å². The predicted octanol–water partition coefficient (Wildman–Crippen LogP) is 2.66. The van der Waals surface area contributed by atoms with E-state index in [9.17, 15) is 0 Å². The first kappa shape index (κ1) is 11.6. The Morgan fingerprint density at radius 2 is 1.89 bits per heavy atom. The summed E-state index contributed by atoms with van der Waals surface area (Å²) in [5.74, 6) is 0.972. The summed E-state index contributed by atoms with van der Waals surface area (Å²) < 4.78 is 0. The summed E-state index contributed by atoms with van der Waals surface area (Å²) in [7, 11) is 0. The normalized spacial score (nSPS) is 17.1. The fourth-order valence-electron chi connectivity index (χ4n) is 2.57. The molecule has 0 amide bonds. The molecule has 1 aromatic heterocycles. The van der Waals surface area contributed by atoms with Crippen molar-refractivity contribution >= 4 is 10.9 Å². The highest BCUT2D eigenvalue weighted by Crippen LogP contribution is 2.11. The van der Waals surface area contributed by atoms with Gasteiger partial charge in [-0.05, 0) is 32.0 Å². The molecule has 0 unspecified atom stereocenters. The van der Waals surface area contributed by atoms with Gasteiger partial charge in [-0.25, -0.2) is 9.97 Å². The van der Waals surface area contributed by atoms with Crippen molar-refractivity contribution in [1.82, 2.24) is 14.9 Å². The molecule has 0 saturated carbocycles. The first-order valence-corrected chi connectivity index (χ1v) is 6.85. The maximum absolute atomic E-state index is 4.62. The average molecular weight is 241 g/mol. The summed E-state index contributed by atoms with van der Waals surface area (Å²) in [6.45, 7) is 3.58. The number of para-hydroxylation sites is 1. The molecule has 1 aliphatic heterocycles. The molecule has 3 heteroatoms. The van der Waals surface area contributed by atoms with E-state index in [0.29, 0.717) is 0 Å². The molecule has 1 saturated heterocycles. The van der Waals surface area contributed by atoms with Crippen LogP contribution in [0, 0.1) is 0 Å². The SMILES string of the molecule is c1ccc2nc(CCN3CCCCC3)ncc2c1. The van der Waals surface area contributed by atoms with Crippen LogP contribution in [0.4, 0.5) is 0 Å². The maximum Gasteiger partial charge on any atom is 0.130 e. The smallest absolute Gasteiger partial charge is 0.130 e. The summed E-state index contributed by atoms with van der Waals surface area (Å²) in [6, 6.07) is 8.17. The van der Waals surface area contributed by atoms with Gasteiger partial charge in [0.1, 0.15) is 5.82 Å². The van der Waals surface area contributed by atoms with Crippen LogP contribution in [-0.4, -0.2) is 34.5 Å². The first-order chi connectivity index (χ1) is 8.92. The Labute approximate surface area is 108 Å². The molecule has 18 heavy (non-hydrogen) atoms. The van der Waals surface area contributed by atoms with Crippen molar-refractivity contribution < 1.29 is 0 Å². The minimum atomic E-state index is 0.963. The lowest BCUT2D eigenvalue weighted by Crippen LogP contribution is -2.31. The van der Waals surface area contributed by atoms with Gasteiger partial charge in [-0.3, -0.25) is 0 Å². The van der Waals surface area contributed by atoms with Crippen LogP contribution in [0.2, 0.25) is 0 Å². The van der Waals surface area contributed by atoms with Crippen LogP contribution in [0.1, 0.15) is 25.1 Å². The van der Waals surface area contributed by atoms with Crippen LogP contribution < -0.4 is 0 Å². The minimum Gasteiger partial charge on any atom is -0.303 e. The van der Waals surface area contributed by atoms with Gasteiger partial charge in [0.05, 0.1) is 5.52 Å². The minimum absolute atomic E-state index is 0.963. The zero-order chi connectivity index (χ0) is 12.2. The molecule has 0 atom stereocenters. The van der Waals surface area contributed by atoms with E-state index in [1.165, 1.54) is 32.4 Å². The van der Waals surface area contributed by atoms with Crippen LogP contribution in [0.5, 0.6) is 0 Å². The molecule has 0 radical (unpaired) electrons. The lowest BCUT2D eigenvalue weighted by molar-refractivity contribution is 0.230. The number of fused-ring (bicyclic) bond motifs is 1. The fraction of sp³-hybridized carbons (Fsp3) is 0.467. The van der Waals surface area contributed by atoms with Crippen LogP contribution >= 0.6 is 0 Å². The Morgan fingerprint density at radius 3 is 2.78 bits per heavy atom. The van der Waals surface area contributed by atoms with Crippen molar-refractivity contribution in [3.8, 4) is 0 Å². The van der Waals surface area contributed by atoms with Gasteiger partial charge in [0.25, 0.3) is 0 Å². The van der Waals surface area contributed by atoms with Gasteiger partial charge in [0.2, 0.25) is 0 Å². The summed E-state index contributed by atoms with van der Waals surface area (Å²) in [5, 5.41) is 1.12. The quantitative estimate of drug-likeness (QED) is 0.827. The Balaban J connectivity index is 1.66. The number of aromatic nitrogens is 2. The molecule has 94 valence electrons. The van der Waals surface area contributed by atoms with Crippen molar-refractivity contribution in [2.24, 2.45) is 0 Å². The molecule has 2 aromatic rings. The van der Waals surface area contributed by atoms with Gasteiger partial charge in [-0.2, -0.15) is 0 Å². The molecule has 0 bridgehead atoms. The summed E-state index contributed by atoms with van der Waals surface area (Å²) in [6.07, 6.45) is 6.98. The Hall–Kier alpha value is -1.48. The predicted molar refractivity (Wildman–Crippen MR) is 73.5 cm³/mol. The second kappa shape index (κ2) is 5.44. The number of nitrogens with zero attached hydrogens (tertiary/aromatic N) is 3. The molecule has 1 aromatic carbocycles. The van der Waals surface area contributed by atoms with Crippen molar-refractivity contribution in [1.29, 1.82) is 0 Å². The topological polar surface area (TPSA) is 29.0 Å². The van der Waals surface area contributed by atoms with Gasteiger partial charge in [0.15, 0.2) is 0 Å². The molecule has 0 N–H and O–H groups in total. The van der Waals surface area contributed by atoms with Gasteiger partial charge < -0.3 is 4.90 Å². The second-order valence-electron chi connectivity index (χ2n) is 5.00. The molecule has 1 fully saturated rings. The highest BCUT2D eigenvalue weighted by atomic mass is 15.1. The molecule has 0 aliphatic carbocycles. The monoisotopic (exact) mass is 241 g/mol. The molecule has 3 nitrogen and oxygen atoms in total. The van der Waals surface area contributed by atoms with E-state index in [0.717, 1.165) is 29.7 Å². The number of rotatable bonds is 3. The molecule has 3 rings (SSSR count). The van der Waals surface area contributed by atoms with E-state index in [1.807, 2.05) is 18.3 Å². The van der Waals surface area contributed by atoms with Crippen LogP contribution in [-0.2, 0) is 6.42 Å². The van der Waals surface area contributed by atoms with Crippen molar-refractivity contribution in [3.05, 3.63) is 36.3 Å². The van der Waals surface area contributed by atoms with Gasteiger partial charge in [-0.1, -0.05) is 24.6 Å². The summed E-state index contributed by atoms with van der Waals surface area (Å²) in [4.78, 5) is 11.6. The summed E-state index contributed by atoms with van der Waals surface area (Å²) in [5.41, 5.74) is 1.06. The number of benzene rings is 1. The lowest BCUT2D eigenvalue weighted by atomic mass is 10.1. The Kier molecular flexibility index (Phi) is 3.51. The van der Waals surface area contributed by atoms with E-state index >= 15 is 0 Å². The van der Waals surface area contributed by atoms with E-state index in [4.69, 9.17) is 0 Å². The van der Waals surface area contributed by atoms with Gasteiger partial charge in [0, 0.05) is 24.5 Å². The number of piperidine rings is 1. The Morgan fingerprint density at radius 1 is 1.06 bits per heavy atom. The molecule has 2 heterocycles. The van der Waals surface area contributed by atoms with E-state index in [2.05, 4.69) is 27.0 Å². The fourth-order valence-corrected chi connectivity index (χ4v) is 2.57. The van der Waals surface area contributed by atoms with E-state index in [-0.39, 0.29) is 0 Å². The molecule has 1 aliphatic rings. The standard InChI is InChI=1S/C15H19N3/c1-4-9-18(10-5-1)11-8-15-16-12-13-6-2-3-7-14(13)17-15/h2-3,6-7,12H,1,4-5,8-11H2. The maximum atomic E-state index is 4.62. The third kappa shape index (κ3) is 2.67. The first-order valence-electron chi connectivity index (χ1n) is 6.85. The molecular weight excluding hydrogens is 222 g/mol. The molecular formula is C15H19N3. The highest BCUT2D eigenvalue weighted by molar-refractivity contribution is 5.77. The zero-order valence-electron chi connectivity index (χ0n) is 10.7. The summed E-state index contributed by atoms with van der Waals surface area (Å²) >= 11 is 0. The van der Waals surface area contributed by atoms with Gasteiger partial charge >= 0.3 is 0 Å². The zero-order valence-corrected chi connectivity index (χ0v) is 10.7. The highest BCUT2D eigenvalue weighted by Gasteiger charge is 2.10. The number of likely N-dealkylation sites (tertiary alicyclic amines) is 1. The number of hydrogen-bond acceptors (Lipinski definition) is 3.